The standard InChI is InChI=1S/C27H33N7O2/c1-6-25(35)33-13-11-32(12-14-33)24-17-28-10-9-22(24)20-7-8-21(19(2)15-20)16-29-26(36)23-18-34(31-30-23)27(3,4)5/h6-10,15,17-18H,1,11-14,16H2,2-5H3,(H,29,36). The number of carbonyl (C=O) groups is 2. The first kappa shape index (κ1) is 25.1. The zero-order valence-electron chi connectivity index (χ0n) is 21.4. The molecule has 4 rings (SSSR count). The molecular formula is C27H33N7O2. The van der Waals surface area contributed by atoms with E-state index in [9.17, 15) is 9.59 Å². The Hall–Kier alpha value is -4.01. The maximum Gasteiger partial charge on any atom is 0.273 e. The second-order valence-corrected chi connectivity index (χ2v) is 9.95. The van der Waals surface area contributed by atoms with Gasteiger partial charge in [0.15, 0.2) is 5.69 Å². The number of hydrogen-bond donors (Lipinski definition) is 1. The lowest BCUT2D eigenvalue weighted by Gasteiger charge is -2.36. The quantitative estimate of drug-likeness (QED) is 0.537. The summed E-state index contributed by atoms with van der Waals surface area (Å²) in [7, 11) is 0. The molecule has 3 aromatic rings. The summed E-state index contributed by atoms with van der Waals surface area (Å²) in [6, 6.07) is 8.27. The van der Waals surface area contributed by atoms with E-state index >= 15 is 0 Å². The van der Waals surface area contributed by atoms with Crippen molar-refractivity contribution in [3.63, 3.8) is 0 Å². The van der Waals surface area contributed by atoms with Crippen LogP contribution in [0.15, 0.2) is 55.5 Å². The van der Waals surface area contributed by atoms with E-state index < -0.39 is 0 Å². The van der Waals surface area contributed by atoms with E-state index in [4.69, 9.17) is 0 Å². The average molecular weight is 488 g/mol. The zero-order chi connectivity index (χ0) is 25.9. The van der Waals surface area contributed by atoms with Crippen LogP contribution >= 0.6 is 0 Å². The van der Waals surface area contributed by atoms with Gasteiger partial charge in [0.25, 0.3) is 5.91 Å². The minimum atomic E-state index is -0.250. The average Bonchev–Trinajstić information content (AvgIpc) is 3.39. The highest BCUT2D eigenvalue weighted by Gasteiger charge is 2.22. The highest BCUT2D eigenvalue weighted by molar-refractivity contribution is 5.91. The van der Waals surface area contributed by atoms with Gasteiger partial charge in [0.05, 0.1) is 23.6 Å². The maximum atomic E-state index is 12.6. The van der Waals surface area contributed by atoms with Gasteiger partial charge in [-0.15, -0.1) is 5.10 Å². The molecule has 0 spiro atoms. The van der Waals surface area contributed by atoms with E-state index in [1.54, 1.807) is 17.1 Å². The Bertz CT molecular complexity index is 1270. The molecule has 3 heterocycles. The first-order chi connectivity index (χ1) is 17.2. The molecule has 2 amide bonds. The van der Waals surface area contributed by atoms with Gasteiger partial charge < -0.3 is 15.1 Å². The summed E-state index contributed by atoms with van der Waals surface area (Å²) < 4.78 is 1.69. The Kier molecular flexibility index (Phi) is 7.19. The fourth-order valence-electron chi connectivity index (χ4n) is 4.20. The van der Waals surface area contributed by atoms with Crippen molar-refractivity contribution in [2.45, 2.75) is 39.8 Å². The van der Waals surface area contributed by atoms with Crippen molar-refractivity contribution >= 4 is 17.5 Å². The van der Waals surface area contributed by atoms with Crippen LogP contribution in [0.2, 0.25) is 0 Å². The molecule has 0 unspecified atom stereocenters. The summed E-state index contributed by atoms with van der Waals surface area (Å²) >= 11 is 0. The van der Waals surface area contributed by atoms with Crippen LogP contribution in [0, 0.1) is 6.92 Å². The fourth-order valence-corrected chi connectivity index (χ4v) is 4.20. The molecule has 0 radical (unpaired) electrons. The second-order valence-electron chi connectivity index (χ2n) is 9.95. The third kappa shape index (κ3) is 5.45. The van der Waals surface area contributed by atoms with E-state index in [-0.39, 0.29) is 17.4 Å². The third-order valence-corrected chi connectivity index (χ3v) is 6.41. The van der Waals surface area contributed by atoms with Crippen molar-refractivity contribution in [2.24, 2.45) is 0 Å². The van der Waals surface area contributed by atoms with Crippen molar-refractivity contribution in [1.29, 1.82) is 0 Å². The Balaban J connectivity index is 1.45. The van der Waals surface area contributed by atoms with Gasteiger partial charge in [-0.05, 0) is 56.5 Å². The van der Waals surface area contributed by atoms with Gasteiger partial charge >= 0.3 is 0 Å². The molecule has 9 heteroatoms. The van der Waals surface area contributed by atoms with Crippen LogP contribution < -0.4 is 10.2 Å². The number of aryl methyl sites for hydroxylation is 1. The molecule has 0 atom stereocenters. The number of aromatic nitrogens is 4. The number of rotatable bonds is 6. The van der Waals surface area contributed by atoms with Crippen LogP contribution in [0.5, 0.6) is 0 Å². The largest absolute Gasteiger partial charge is 0.366 e. The SMILES string of the molecule is C=CC(=O)N1CCN(c2cnccc2-c2ccc(CNC(=O)c3cn(C(C)(C)C)nn3)c(C)c2)CC1. The summed E-state index contributed by atoms with van der Waals surface area (Å²) in [5.41, 5.74) is 5.39. The molecule has 9 nitrogen and oxygen atoms in total. The number of nitrogens with zero attached hydrogens (tertiary/aromatic N) is 6. The van der Waals surface area contributed by atoms with E-state index in [2.05, 4.69) is 44.2 Å². The van der Waals surface area contributed by atoms with Crippen molar-refractivity contribution in [2.75, 3.05) is 31.1 Å². The van der Waals surface area contributed by atoms with E-state index in [1.807, 2.05) is 50.9 Å². The molecule has 1 aliphatic heterocycles. The van der Waals surface area contributed by atoms with Gasteiger partial charge in [0, 0.05) is 44.5 Å². The summed E-state index contributed by atoms with van der Waals surface area (Å²) in [5.74, 6) is -0.280. The van der Waals surface area contributed by atoms with Gasteiger partial charge in [-0.1, -0.05) is 30.0 Å². The number of nitrogens with one attached hydrogen (secondary N) is 1. The van der Waals surface area contributed by atoms with Crippen LogP contribution in [-0.4, -0.2) is 62.9 Å². The molecule has 0 aliphatic carbocycles. The molecule has 1 N–H and O–H groups in total. The van der Waals surface area contributed by atoms with Gasteiger partial charge in [-0.2, -0.15) is 0 Å². The van der Waals surface area contributed by atoms with Crippen LogP contribution in [0.25, 0.3) is 11.1 Å². The molecular weight excluding hydrogens is 454 g/mol. The normalized spacial score (nSPS) is 14.0. The Morgan fingerprint density at radius 3 is 2.53 bits per heavy atom. The number of pyridine rings is 1. The van der Waals surface area contributed by atoms with Crippen LogP contribution in [0.1, 0.15) is 42.4 Å². The molecule has 188 valence electrons. The Morgan fingerprint density at radius 2 is 1.89 bits per heavy atom. The second kappa shape index (κ2) is 10.3. The van der Waals surface area contributed by atoms with Gasteiger partial charge in [0.2, 0.25) is 5.91 Å². The predicted molar refractivity (Wildman–Crippen MR) is 140 cm³/mol. The molecule has 1 saturated heterocycles. The first-order valence-corrected chi connectivity index (χ1v) is 12.1. The van der Waals surface area contributed by atoms with Crippen molar-refractivity contribution in [3.05, 3.63) is 72.3 Å². The maximum absolute atomic E-state index is 12.6. The predicted octanol–water partition coefficient (Wildman–Crippen LogP) is 3.17. The number of anilines is 1. The lowest BCUT2D eigenvalue weighted by molar-refractivity contribution is -0.126. The van der Waals surface area contributed by atoms with Crippen LogP contribution in [0.4, 0.5) is 5.69 Å². The number of amides is 2. The van der Waals surface area contributed by atoms with E-state index in [0.717, 1.165) is 41.0 Å². The van der Waals surface area contributed by atoms with Crippen molar-refractivity contribution in [3.8, 4) is 11.1 Å². The molecule has 1 aromatic carbocycles. The lowest BCUT2D eigenvalue weighted by atomic mass is 9.99. The number of benzene rings is 1. The summed E-state index contributed by atoms with van der Waals surface area (Å²) in [6.07, 6.45) is 6.72. The molecule has 1 aliphatic rings. The van der Waals surface area contributed by atoms with Crippen LogP contribution in [-0.2, 0) is 16.9 Å². The summed E-state index contributed by atoms with van der Waals surface area (Å²) in [6.45, 7) is 14.8. The minimum absolute atomic E-state index is 0.0295. The highest BCUT2D eigenvalue weighted by Crippen LogP contribution is 2.32. The highest BCUT2D eigenvalue weighted by atomic mass is 16.2. The monoisotopic (exact) mass is 487 g/mol. The van der Waals surface area contributed by atoms with Gasteiger partial charge in [0.1, 0.15) is 0 Å². The third-order valence-electron chi connectivity index (χ3n) is 6.41. The molecule has 0 bridgehead atoms. The zero-order valence-corrected chi connectivity index (χ0v) is 21.4. The number of hydrogen-bond acceptors (Lipinski definition) is 6. The summed E-state index contributed by atoms with van der Waals surface area (Å²) in [4.78, 5) is 33.0. The summed E-state index contributed by atoms with van der Waals surface area (Å²) in [5, 5.41) is 11.0. The molecule has 1 fully saturated rings. The lowest BCUT2D eigenvalue weighted by Crippen LogP contribution is -2.48. The van der Waals surface area contributed by atoms with Gasteiger partial charge in [-0.3, -0.25) is 14.6 Å². The Morgan fingerprint density at radius 1 is 1.14 bits per heavy atom. The Labute approximate surface area is 211 Å². The first-order valence-electron chi connectivity index (χ1n) is 12.1. The number of piperazine rings is 1. The molecule has 0 saturated carbocycles. The van der Waals surface area contributed by atoms with Crippen molar-refractivity contribution < 1.29 is 9.59 Å². The topological polar surface area (TPSA) is 96.2 Å². The molecule has 36 heavy (non-hydrogen) atoms. The molecule has 2 aromatic heterocycles. The minimum Gasteiger partial charge on any atom is -0.366 e. The van der Waals surface area contributed by atoms with Crippen molar-refractivity contribution in [1.82, 2.24) is 30.2 Å². The van der Waals surface area contributed by atoms with Crippen LogP contribution in [0.3, 0.4) is 0 Å². The van der Waals surface area contributed by atoms with Gasteiger partial charge in [-0.25, -0.2) is 4.68 Å². The number of carbonyl (C=O) groups excluding carboxylic acids is 2. The van der Waals surface area contributed by atoms with E-state index in [0.29, 0.717) is 25.3 Å². The van der Waals surface area contributed by atoms with E-state index in [1.165, 1.54) is 6.08 Å². The smallest absolute Gasteiger partial charge is 0.273 e. The fraction of sp³-hybridized carbons (Fsp3) is 0.370.